The van der Waals surface area contributed by atoms with Crippen LogP contribution in [0.3, 0.4) is 0 Å². The molecule has 0 amide bonds. The Labute approximate surface area is 148 Å². The molecule has 2 aromatic carbocycles. The maximum atomic E-state index is 12.9. The van der Waals surface area contributed by atoms with Crippen molar-refractivity contribution in [2.24, 2.45) is 0 Å². The Hall–Kier alpha value is -2.18. The summed E-state index contributed by atoms with van der Waals surface area (Å²) in [6.07, 6.45) is 0.844. The second-order valence-electron chi connectivity index (χ2n) is 6.22. The van der Waals surface area contributed by atoms with Crippen LogP contribution in [0.2, 0.25) is 0 Å². The number of para-hydroxylation sites is 1. The van der Waals surface area contributed by atoms with E-state index in [1.165, 1.54) is 12.1 Å². The molecule has 0 aromatic heterocycles. The summed E-state index contributed by atoms with van der Waals surface area (Å²) in [6, 6.07) is 12.5. The number of ketones is 1. The highest BCUT2D eigenvalue weighted by Gasteiger charge is 2.39. The van der Waals surface area contributed by atoms with Crippen molar-refractivity contribution in [2.75, 3.05) is 0 Å². The van der Waals surface area contributed by atoms with E-state index in [1.807, 2.05) is 13.8 Å². The van der Waals surface area contributed by atoms with Gasteiger partial charge in [-0.25, -0.2) is 8.42 Å². The summed E-state index contributed by atoms with van der Waals surface area (Å²) in [4.78, 5) is 13.0. The first-order chi connectivity index (χ1) is 11.9. The van der Waals surface area contributed by atoms with Crippen LogP contribution < -0.4 is 9.46 Å². The summed E-state index contributed by atoms with van der Waals surface area (Å²) < 4.78 is 33.9. The fourth-order valence-electron chi connectivity index (χ4n) is 2.93. The van der Waals surface area contributed by atoms with E-state index in [0.717, 1.165) is 12.0 Å². The van der Waals surface area contributed by atoms with Gasteiger partial charge in [-0.3, -0.25) is 4.79 Å². The van der Waals surface area contributed by atoms with Gasteiger partial charge in [0.2, 0.25) is 10.0 Å². The third kappa shape index (κ3) is 3.60. The van der Waals surface area contributed by atoms with Crippen LogP contribution in [0.1, 0.15) is 35.7 Å². The molecule has 1 aliphatic rings. The Balaban J connectivity index is 1.93. The number of rotatable bonds is 5. The third-order valence-corrected chi connectivity index (χ3v) is 5.73. The first-order valence-corrected chi connectivity index (χ1v) is 9.79. The van der Waals surface area contributed by atoms with Crippen molar-refractivity contribution in [3.8, 4) is 5.75 Å². The van der Waals surface area contributed by atoms with Crippen LogP contribution in [-0.4, -0.2) is 26.3 Å². The summed E-state index contributed by atoms with van der Waals surface area (Å²) in [7, 11) is -3.81. The molecule has 2 aromatic rings. The molecule has 132 valence electrons. The van der Waals surface area contributed by atoms with E-state index in [2.05, 4.69) is 4.72 Å². The molecule has 2 atom stereocenters. The first kappa shape index (κ1) is 17.6. The van der Waals surface area contributed by atoms with Crippen molar-refractivity contribution >= 4 is 15.8 Å². The number of Topliss-reactive ketones (excluding diaryl/α,β-unsaturated/α-hetero) is 1. The van der Waals surface area contributed by atoms with Crippen molar-refractivity contribution < 1.29 is 17.9 Å². The average Bonchev–Trinajstić information content (AvgIpc) is 2.59. The number of carbonyl (C=O) groups excluding carboxylic acids is 1. The van der Waals surface area contributed by atoms with Gasteiger partial charge < -0.3 is 4.74 Å². The number of sulfonamides is 1. The lowest BCUT2D eigenvalue weighted by Crippen LogP contribution is -2.53. The second kappa shape index (κ2) is 6.98. The van der Waals surface area contributed by atoms with Crippen LogP contribution in [0.4, 0.5) is 0 Å². The van der Waals surface area contributed by atoms with E-state index in [-0.39, 0.29) is 10.7 Å². The van der Waals surface area contributed by atoms with Crippen LogP contribution in [0.25, 0.3) is 0 Å². The number of carbonyl (C=O) groups is 1. The van der Waals surface area contributed by atoms with E-state index in [0.29, 0.717) is 17.7 Å². The van der Waals surface area contributed by atoms with E-state index in [4.69, 9.17) is 4.74 Å². The first-order valence-electron chi connectivity index (χ1n) is 8.31. The summed E-state index contributed by atoms with van der Waals surface area (Å²) in [5.41, 5.74) is 1.38. The zero-order valence-corrected chi connectivity index (χ0v) is 15.0. The van der Waals surface area contributed by atoms with E-state index in [9.17, 15) is 13.2 Å². The van der Waals surface area contributed by atoms with E-state index in [1.54, 1.807) is 36.4 Å². The minimum absolute atomic E-state index is 0.139. The monoisotopic (exact) mass is 359 g/mol. The van der Waals surface area contributed by atoms with Gasteiger partial charge in [-0.15, -0.1) is 0 Å². The molecule has 3 rings (SSSR count). The van der Waals surface area contributed by atoms with Gasteiger partial charge in [-0.2, -0.15) is 4.72 Å². The molecule has 6 heteroatoms. The van der Waals surface area contributed by atoms with Crippen molar-refractivity contribution in [3.05, 3.63) is 59.7 Å². The molecule has 0 aliphatic carbocycles. The van der Waals surface area contributed by atoms with Crippen molar-refractivity contribution in [3.63, 3.8) is 0 Å². The average molecular weight is 359 g/mol. The van der Waals surface area contributed by atoms with Gasteiger partial charge in [-0.1, -0.05) is 43.2 Å². The van der Waals surface area contributed by atoms with Crippen molar-refractivity contribution in [1.29, 1.82) is 0 Å². The summed E-state index contributed by atoms with van der Waals surface area (Å²) >= 11 is 0. The molecular formula is C19H21NO4S. The Bertz CT molecular complexity index is 875. The largest absolute Gasteiger partial charge is 0.488 e. The molecule has 25 heavy (non-hydrogen) atoms. The number of hydrogen-bond acceptors (Lipinski definition) is 4. The van der Waals surface area contributed by atoms with E-state index >= 15 is 0 Å². The van der Waals surface area contributed by atoms with Gasteiger partial charge >= 0.3 is 0 Å². The van der Waals surface area contributed by atoms with Gasteiger partial charge in [0.05, 0.1) is 10.5 Å². The lowest BCUT2D eigenvalue weighted by atomic mass is 9.94. The molecule has 1 heterocycles. The fourth-order valence-corrected chi connectivity index (χ4v) is 4.16. The molecule has 0 saturated heterocycles. The number of aryl methyl sites for hydroxylation is 1. The molecule has 0 unspecified atom stereocenters. The zero-order valence-electron chi connectivity index (χ0n) is 14.2. The molecule has 5 nitrogen and oxygen atoms in total. The predicted octanol–water partition coefficient (Wildman–Crippen LogP) is 3.09. The number of hydrogen-bond donors (Lipinski definition) is 1. The maximum Gasteiger partial charge on any atom is 0.241 e. The van der Waals surface area contributed by atoms with Gasteiger partial charge in [0.25, 0.3) is 0 Å². The molecule has 0 bridgehead atoms. The van der Waals surface area contributed by atoms with Crippen LogP contribution in [0.15, 0.2) is 53.4 Å². The highest BCUT2D eigenvalue weighted by molar-refractivity contribution is 7.89. The quantitative estimate of drug-likeness (QED) is 0.890. The number of ether oxygens (including phenoxy) is 1. The number of benzene rings is 2. The van der Waals surface area contributed by atoms with Gasteiger partial charge in [-0.05, 0) is 37.6 Å². The van der Waals surface area contributed by atoms with Gasteiger partial charge in [0.15, 0.2) is 5.78 Å². The van der Waals surface area contributed by atoms with Gasteiger partial charge in [0, 0.05) is 0 Å². The van der Waals surface area contributed by atoms with E-state index < -0.39 is 22.2 Å². The summed E-state index contributed by atoms with van der Waals surface area (Å²) in [6.45, 7) is 3.86. The topological polar surface area (TPSA) is 72.5 Å². The maximum absolute atomic E-state index is 12.9. The van der Waals surface area contributed by atoms with Gasteiger partial charge in [0.1, 0.15) is 17.9 Å². The molecule has 0 saturated carbocycles. The molecule has 0 fully saturated rings. The molecular weight excluding hydrogens is 338 g/mol. The molecule has 1 N–H and O–H groups in total. The fraction of sp³-hybridized carbons (Fsp3) is 0.316. The van der Waals surface area contributed by atoms with Crippen molar-refractivity contribution in [2.45, 2.75) is 43.7 Å². The lowest BCUT2D eigenvalue weighted by Gasteiger charge is -2.32. The minimum atomic E-state index is -3.81. The minimum Gasteiger partial charge on any atom is -0.488 e. The number of fused-ring (bicyclic) bond motifs is 1. The highest BCUT2D eigenvalue weighted by Crippen LogP contribution is 2.30. The Morgan fingerprint density at radius 1 is 1.08 bits per heavy atom. The predicted molar refractivity (Wildman–Crippen MR) is 95.4 cm³/mol. The smallest absolute Gasteiger partial charge is 0.241 e. The van der Waals surface area contributed by atoms with Crippen LogP contribution in [0.5, 0.6) is 5.75 Å². The number of nitrogens with one attached hydrogen (secondary N) is 1. The normalized spacial score (nSPS) is 20.0. The molecule has 0 radical (unpaired) electrons. The SMILES string of the molecule is CCC[C@@H]1Oc2ccccc2C(=O)[C@H]1NS(=O)(=O)c1ccc(C)cc1. The summed E-state index contributed by atoms with van der Waals surface area (Å²) in [5, 5.41) is 0. The zero-order chi connectivity index (χ0) is 18.0. The van der Waals surface area contributed by atoms with Crippen molar-refractivity contribution in [1.82, 2.24) is 4.72 Å². The highest BCUT2D eigenvalue weighted by atomic mass is 32.2. The Morgan fingerprint density at radius 3 is 2.44 bits per heavy atom. The van der Waals surface area contributed by atoms with Crippen LogP contribution >= 0.6 is 0 Å². The second-order valence-corrected chi connectivity index (χ2v) is 7.93. The third-order valence-electron chi connectivity index (χ3n) is 4.27. The van der Waals surface area contributed by atoms with Crippen LogP contribution in [0, 0.1) is 6.92 Å². The van der Waals surface area contributed by atoms with Crippen LogP contribution in [-0.2, 0) is 10.0 Å². The summed E-state index contributed by atoms with van der Waals surface area (Å²) in [5.74, 6) is 0.257. The molecule has 1 aliphatic heterocycles. The Morgan fingerprint density at radius 2 is 1.76 bits per heavy atom. The molecule has 0 spiro atoms. The standard InChI is InChI=1S/C19H21NO4S/c1-3-6-17-18(19(21)15-7-4-5-8-16(15)24-17)20-25(22,23)14-11-9-13(2)10-12-14/h4-5,7-12,17-18,20H,3,6H2,1-2H3/t17-,18-/m0/s1. The Kier molecular flexibility index (Phi) is 4.92. The lowest BCUT2D eigenvalue weighted by molar-refractivity contribution is 0.0750.